The first kappa shape index (κ1) is 42.7. The maximum absolute atomic E-state index is 13.3. The van der Waals surface area contributed by atoms with Gasteiger partial charge in [0.15, 0.2) is 6.04 Å². The Bertz CT molecular complexity index is 1400. The molecule has 1 aromatic carbocycles. The van der Waals surface area contributed by atoms with Crippen LogP contribution >= 0.6 is 0 Å². The van der Waals surface area contributed by atoms with Gasteiger partial charge in [-0.25, -0.2) is 4.79 Å². The van der Waals surface area contributed by atoms with Crippen molar-refractivity contribution in [2.45, 2.75) is 96.2 Å². The van der Waals surface area contributed by atoms with E-state index in [9.17, 15) is 63.9 Å². The molecule has 0 radical (unpaired) electrons. The molecule has 0 bridgehead atoms. The van der Waals surface area contributed by atoms with Crippen LogP contribution in [0.5, 0.6) is 5.75 Å². The number of amides is 5. The molecule has 0 aliphatic rings. The maximum Gasteiger partial charge on any atom is 0.328 e. The first-order valence-corrected chi connectivity index (χ1v) is 15.5. The van der Waals surface area contributed by atoms with Crippen molar-refractivity contribution in [2.24, 2.45) is 17.6 Å². The first-order valence-electron chi connectivity index (χ1n) is 15.5. The second-order valence-corrected chi connectivity index (χ2v) is 12.3. The predicted molar refractivity (Wildman–Crippen MR) is 173 cm³/mol. The zero-order chi connectivity index (χ0) is 38.5. The van der Waals surface area contributed by atoms with Gasteiger partial charge in [-0.2, -0.15) is 0 Å². The number of hydrogen-bond donors (Lipinski definition) is 11. The molecule has 0 unspecified atom stereocenters. The highest BCUT2D eigenvalue weighted by molar-refractivity contribution is 5.98. The number of phenolic OH excluding ortho intramolecular Hbond substituents is 1. The molecule has 19 heteroatoms. The van der Waals surface area contributed by atoms with Crippen LogP contribution in [-0.2, 0) is 44.8 Å². The molecule has 0 aromatic heterocycles. The van der Waals surface area contributed by atoms with Gasteiger partial charge in [0.05, 0.1) is 25.0 Å². The van der Waals surface area contributed by atoms with Crippen LogP contribution in [0.3, 0.4) is 0 Å². The monoisotopic (exact) mass is 710 g/mol. The van der Waals surface area contributed by atoms with Crippen molar-refractivity contribution in [3.63, 3.8) is 0 Å². The van der Waals surface area contributed by atoms with E-state index in [0.29, 0.717) is 5.56 Å². The molecule has 7 atom stereocenters. The second kappa shape index (κ2) is 19.6. The van der Waals surface area contributed by atoms with Crippen molar-refractivity contribution in [3.05, 3.63) is 29.8 Å². The molecule has 1 aromatic rings. The summed E-state index contributed by atoms with van der Waals surface area (Å²) in [4.78, 5) is 99.9. The molecule has 0 saturated carbocycles. The first-order chi connectivity index (χ1) is 23.1. The number of carbonyl (C=O) groups excluding carboxylic acids is 5. The SMILES string of the molecule is CC(C)[C@H](NC(=O)[C@H](CC(=O)O)NC(=O)[C@@H](NC(=O)[C@@H](N)Cc1ccc(O)cc1)C(C)C)C(=O)N[C@@H](CC(=O)O)C(=O)N[C@H](C(=O)O)[C@@H](C)O. The van der Waals surface area contributed by atoms with Crippen molar-refractivity contribution >= 4 is 47.4 Å². The highest BCUT2D eigenvalue weighted by Crippen LogP contribution is 2.12. The Morgan fingerprint density at radius 3 is 1.32 bits per heavy atom. The van der Waals surface area contributed by atoms with Gasteiger partial charge in [-0.1, -0.05) is 39.8 Å². The van der Waals surface area contributed by atoms with Gasteiger partial charge in [-0.05, 0) is 42.9 Å². The van der Waals surface area contributed by atoms with Crippen LogP contribution in [-0.4, -0.2) is 115 Å². The molecule has 50 heavy (non-hydrogen) atoms. The minimum absolute atomic E-state index is 0.0120. The number of carbonyl (C=O) groups is 8. The zero-order valence-electron chi connectivity index (χ0n) is 28.2. The summed E-state index contributed by atoms with van der Waals surface area (Å²) in [6.45, 7) is 7.13. The zero-order valence-corrected chi connectivity index (χ0v) is 28.2. The Hall–Kier alpha value is -5.30. The predicted octanol–water partition coefficient (Wildman–Crippen LogP) is -2.59. The van der Waals surface area contributed by atoms with Crippen LogP contribution in [0.25, 0.3) is 0 Å². The van der Waals surface area contributed by atoms with E-state index in [2.05, 4.69) is 21.3 Å². The van der Waals surface area contributed by atoms with Crippen LogP contribution in [0.1, 0.15) is 53.0 Å². The summed E-state index contributed by atoms with van der Waals surface area (Å²) in [5, 5.41) is 58.2. The lowest BCUT2D eigenvalue weighted by molar-refractivity contribution is -0.146. The van der Waals surface area contributed by atoms with Crippen molar-refractivity contribution in [1.29, 1.82) is 0 Å². The number of nitrogens with two attached hydrogens (primary N) is 1. The highest BCUT2D eigenvalue weighted by Gasteiger charge is 2.36. The third-order valence-corrected chi connectivity index (χ3v) is 7.29. The van der Waals surface area contributed by atoms with E-state index in [0.717, 1.165) is 6.92 Å². The van der Waals surface area contributed by atoms with Crippen LogP contribution in [0.15, 0.2) is 24.3 Å². The summed E-state index contributed by atoms with van der Waals surface area (Å²) in [5.74, 6) is -11.2. The number of rotatable bonds is 20. The van der Waals surface area contributed by atoms with Gasteiger partial charge in [0.25, 0.3) is 0 Å². The molecule has 0 aliphatic carbocycles. The van der Waals surface area contributed by atoms with Crippen molar-refractivity contribution in [2.75, 3.05) is 0 Å². The Morgan fingerprint density at radius 2 is 0.980 bits per heavy atom. The Morgan fingerprint density at radius 1 is 0.600 bits per heavy atom. The standard InChI is InChI=1S/C31H46N6O13/c1-13(2)23(35-26(44)18(32)10-16-6-8-17(39)9-7-16)29(47)33-19(11-21(40)41)27(45)36-24(14(3)4)30(48)34-20(12-22(42)43)28(46)37-25(15(5)38)31(49)50/h6-9,13-15,18-20,23-25,38-39H,10-12,32H2,1-5H3,(H,33,47)(H,34,48)(H,35,44)(H,36,45)(H,37,46)(H,40,41)(H,42,43)(H,49,50)/t15-,18+,19+,20+,23+,24+,25+/m1/s1. The fourth-order valence-electron chi connectivity index (χ4n) is 4.50. The number of aliphatic carboxylic acids is 3. The topological polar surface area (TPSA) is 324 Å². The summed E-state index contributed by atoms with van der Waals surface area (Å²) >= 11 is 0. The van der Waals surface area contributed by atoms with E-state index in [1.807, 2.05) is 5.32 Å². The molecule has 278 valence electrons. The van der Waals surface area contributed by atoms with Crippen molar-refractivity contribution in [1.82, 2.24) is 26.6 Å². The molecule has 1 rings (SSSR count). The molecule has 5 amide bonds. The lowest BCUT2D eigenvalue weighted by atomic mass is 9.99. The minimum Gasteiger partial charge on any atom is -0.508 e. The number of carboxylic acids is 3. The number of benzene rings is 1. The van der Waals surface area contributed by atoms with Crippen LogP contribution in [0.4, 0.5) is 0 Å². The van der Waals surface area contributed by atoms with Gasteiger partial charge in [0.1, 0.15) is 29.9 Å². The molecule has 0 spiro atoms. The van der Waals surface area contributed by atoms with Gasteiger partial charge in [-0.3, -0.25) is 33.6 Å². The fraction of sp³-hybridized carbons (Fsp3) is 0.548. The molecule has 0 fully saturated rings. The van der Waals surface area contributed by atoms with E-state index in [4.69, 9.17) is 5.73 Å². The van der Waals surface area contributed by atoms with Crippen LogP contribution in [0.2, 0.25) is 0 Å². The van der Waals surface area contributed by atoms with Gasteiger partial charge < -0.3 is 57.9 Å². The van der Waals surface area contributed by atoms with E-state index >= 15 is 0 Å². The van der Waals surface area contributed by atoms with Gasteiger partial charge >= 0.3 is 17.9 Å². The lowest BCUT2D eigenvalue weighted by Gasteiger charge is -2.28. The van der Waals surface area contributed by atoms with Gasteiger partial charge in [0.2, 0.25) is 29.5 Å². The van der Waals surface area contributed by atoms with Crippen molar-refractivity contribution < 1.29 is 63.9 Å². The molecule has 0 aliphatic heterocycles. The summed E-state index contributed by atoms with van der Waals surface area (Å²) in [5.41, 5.74) is 6.63. The number of aliphatic hydroxyl groups excluding tert-OH is 1. The second-order valence-electron chi connectivity index (χ2n) is 12.3. The summed E-state index contributed by atoms with van der Waals surface area (Å²) in [6, 6.07) is -3.47. The quantitative estimate of drug-likeness (QED) is 0.0662. The third kappa shape index (κ3) is 14.0. The number of hydrogen-bond acceptors (Lipinski definition) is 11. The van der Waals surface area contributed by atoms with Crippen molar-refractivity contribution in [3.8, 4) is 5.75 Å². The molecule has 0 saturated heterocycles. The van der Waals surface area contributed by atoms with Gasteiger partial charge in [-0.15, -0.1) is 0 Å². The Kier molecular flexibility index (Phi) is 16.8. The Balaban J connectivity index is 3.15. The summed E-state index contributed by atoms with van der Waals surface area (Å²) < 4.78 is 0. The highest BCUT2D eigenvalue weighted by atomic mass is 16.4. The number of carboxylic acid groups (broad SMARTS) is 3. The number of aliphatic hydroxyl groups is 1. The van der Waals surface area contributed by atoms with E-state index < -0.39 is 114 Å². The molecule has 19 nitrogen and oxygen atoms in total. The van der Waals surface area contributed by atoms with E-state index in [1.165, 1.54) is 26.0 Å². The maximum atomic E-state index is 13.3. The number of aromatic hydroxyl groups is 1. The largest absolute Gasteiger partial charge is 0.508 e. The van der Waals surface area contributed by atoms with Crippen LogP contribution in [0, 0.1) is 11.8 Å². The van der Waals surface area contributed by atoms with Gasteiger partial charge in [0, 0.05) is 0 Å². The summed E-state index contributed by atoms with van der Waals surface area (Å²) in [7, 11) is 0. The number of phenols is 1. The van der Waals surface area contributed by atoms with Crippen LogP contribution < -0.4 is 32.3 Å². The van der Waals surface area contributed by atoms with E-state index in [-0.39, 0.29) is 12.2 Å². The third-order valence-electron chi connectivity index (χ3n) is 7.29. The van der Waals surface area contributed by atoms with E-state index in [1.54, 1.807) is 26.0 Å². The average Bonchev–Trinajstić information content (AvgIpc) is 2.99. The molecular weight excluding hydrogens is 664 g/mol. The smallest absolute Gasteiger partial charge is 0.328 e. The molecule has 0 heterocycles. The molecule has 12 N–H and O–H groups in total. The Labute approximate surface area is 287 Å². The normalized spacial score (nSPS) is 15.3. The number of nitrogens with one attached hydrogen (secondary N) is 5. The lowest BCUT2D eigenvalue weighted by Crippen LogP contribution is -2.61. The average molecular weight is 711 g/mol. The molecular formula is C31H46N6O13. The fourth-order valence-corrected chi connectivity index (χ4v) is 4.50. The summed E-state index contributed by atoms with van der Waals surface area (Å²) in [6.07, 6.45) is -3.51. The minimum atomic E-state index is -1.86.